The van der Waals surface area contributed by atoms with Gasteiger partial charge in [-0.1, -0.05) is 221 Å². The third-order valence-corrected chi connectivity index (χ3v) is 8.38. The van der Waals surface area contributed by atoms with Gasteiger partial charge in [-0.2, -0.15) is 0 Å². The van der Waals surface area contributed by atoms with Gasteiger partial charge in [0.15, 0.2) is 0 Å². The second-order valence-electron chi connectivity index (χ2n) is 11.3. The highest BCUT2D eigenvalue weighted by Crippen LogP contribution is 2.35. The number of hydrogen-bond donors (Lipinski definition) is 0. The number of hydrogen-bond acceptors (Lipinski definition) is 0. The average molecular weight is 619 g/mol. The van der Waals surface area contributed by atoms with Crippen LogP contribution >= 0.6 is 0 Å². The van der Waals surface area contributed by atoms with E-state index in [0.717, 1.165) is 0 Å². The zero-order valence-electron chi connectivity index (χ0n) is 25.6. The molecule has 0 atom stereocenters. The molecule has 0 aliphatic heterocycles. The van der Waals surface area contributed by atoms with Gasteiger partial charge in [0.2, 0.25) is 0 Å². The van der Waals surface area contributed by atoms with Crippen LogP contribution in [-0.4, -0.2) is 0 Å². The molecule has 7 rings (SSSR count). The molecule has 0 fully saturated rings. The number of benzene rings is 7. The zero-order chi connectivity index (χ0) is 31.0. The molecule has 0 unspecified atom stereocenters. The lowest BCUT2D eigenvalue weighted by molar-refractivity contribution is 1.61. The van der Waals surface area contributed by atoms with Gasteiger partial charge in [-0.05, 0) is 66.1 Å². The zero-order valence-corrected chi connectivity index (χ0v) is 25.6. The molecule has 0 bridgehead atoms. The lowest BCUT2D eigenvalue weighted by atomic mass is 9.90. The largest absolute Gasteiger partial charge is 0.0776 e. The fourth-order valence-corrected chi connectivity index (χ4v) is 6.03. The van der Waals surface area contributed by atoms with Gasteiger partial charge in [-0.3, -0.25) is 0 Å². The van der Waals surface area contributed by atoms with Crippen molar-refractivity contribution in [3.8, 4) is 0 Å². The Labute approximate surface area is 286 Å². The summed E-state index contributed by atoms with van der Waals surface area (Å²) in [7, 11) is 0. The molecular formula is C48H42. The summed E-state index contributed by atoms with van der Waals surface area (Å²) in [4.78, 5) is 0. The highest BCUT2D eigenvalue weighted by molar-refractivity contribution is 6.14. The molecule has 0 saturated heterocycles. The van der Waals surface area contributed by atoms with Gasteiger partial charge in [-0.25, -0.2) is 0 Å². The van der Waals surface area contributed by atoms with E-state index in [0.29, 0.717) is 0 Å². The Balaban J connectivity index is 0.00000225. The normalized spacial score (nSPS) is 11.5. The fourth-order valence-electron chi connectivity index (χ4n) is 6.03. The van der Waals surface area contributed by atoms with Crippen LogP contribution in [-0.2, 0) is 0 Å². The van der Waals surface area contributed by atoms with Gasteiger partial charge >= 0.3 is 0 Å². The second-order valence-corrected chi connectivity index (χ2v) is 11.3. The first-order valence-electron chi connectivity index (χ1n) is 15.8. The molecule has 7 aromatic rings. The molecule has 0 aliphatic carbocycles. The van der Waals surface area contributed by atoms with Gasteiger partial charge < -0.3 is 0 Å². The molecule has 0 radical (unpaired) electrons. The van der Waals surface area contributed by atoms with Gasteiger partial charge in [0.25, 0.3) is 0 Å². The molecule has 0 amide bonds. The van der Waals surface area contributed by atoms with Gasteiger partial charge in [0, 0.05) is 0 Å². The van der Waals surface area contributed by atoms with Crippen molar-refractivity contribution in [3.63, 3.8) is 0 Å². The molecule has 0 aliphatic rings. The third-order valence-electron chi connectivity index (χ3n) is 8.38. The Morgan fingerprint density at radius 3 is 0.792 bits per heavy atom. The van der Waals surface area contributed by atoms with Crippen LogP contribution in [0.1, 0.15) is 59.4 Å². The van der Waals surface area contributed by atoms with Crippen LogP contribution in [0.3, 0.4) is 0 Å². The molecule has 0 N–H and O–H groups in total. The lowest BCUT2D eigenvalue weighted by Gasteiger charge is -2.13. The SMILES string of the molecule is C.C.C(=Cc1ccccc1C=Cc1c2ccccc2c(C=Cc2ccccc2C=Cc2ccccc2)c2ccccc12)c1ccccc1. The highest BCUT2D eigenvalue weighted by Gasteiger charge is 2.11. The summed E-state index contributed by atoms with van der Waals surface area (Å²) in [6.07, 6.45) is 17.8. The molecule has 0 heteroatoms. The van der Waals surface area contributed by atoms with Gasteiger partial charge in [0.05, 0.1) is 0 Å². The van der Waals surface area contributed by atoms with Crippen LogP contribution in [0.5, 0.6) is 0 Å². The predicted molar refractivity (Wildman–Crippen MR) is 216 cm³/mol. The maximum atomic E-state index is 2.29. The standard InChI is InChI=1S/C46H34.2CH4/c1-3-15-35(16-4-1)27-29-37-19-7-9-21-39(37)31-33-45-41-23-11-13-25-43(41)46(44-26-14-12-24-42(44)45)34-32-40-22-10-8-20-38(40)30-28-36-17-5-2-6-18-36;;/h1-34H;2*1H4. The number of rotatable bonds is 8. The molecule has 0 saturated carbocycles. The molecule has 234 valence electrons. The lowest BCUT2D eigenvalue weighted by Crippen LogP contribution is -1.89. The predicted octanol–water partition coefficient (Wildman–Crippen LogP) is 13.9. The van der Waals surface area contributed by atoms with Crippen molar-refractivity contribution in [2.45, 2.75) is 14.9 Å². The minimum Gasteiger partial charge on any atom is -0.0776 e. The van der Waals surface area contributed by atoms with Crippen molar-refractivity contribution < 1.29 is 0 Å². The van der Waals surface area contributed by atoms with Crippen LogP contribution in [0.15, 0.2) is 158 Å². The molecule has 7 aromatic carbocycles. The Hall–Kier alpha value is -5.98. The topological polar surface area (TPSA) is 0 Å². The molecule has 0 aromatic heterocycles. The smallest absolute Gasteiger partial charge is 0.00987 e. The molecular weight excluding hydrogens is 577 g/mol. The fraction of sp³-hybridized carbons (Fsp3) is 0.0417. The first-order valence-corrected chi connectivity index (χ1v) is 15.8. The van der Waals surface area contributed by atoms with E-state index in [1.807, 2.05) is 12.1 Å². The van der Waals surface area contributed by atoms with E-state index in [9.17, 15) is 0 Å². The van der Waals surface area contributed by atoms with Crippen LogP contribution < -0.4 is 0 Å². The van der Waals surface area contributed by atoms with Gasteiger partial charge in [-0.15, -0.1) is 0 Å². The molecule has 0 spiro atoms. The number of fused-ring (bicyclic) bond motifs is 2. The van der Waals surface area contributed by atoms with E-state index in [2.05, 4.69) is 194 Å². The Morgan fingerprint density at radius 2 is 0.479 bits per heavy atom. The summed E-state index contributed by atoms with van der Waals surface area (Å²) in [6.45, 7) is 0. The van der Waals surface area contributed by atoms with E-state index < -0.39 is 0 Å². The van der Waals surface area contributed by atoms with E-state index >= 15 is 0 Å². The van der Waals surface area contributed by atoms with Crippen LogP contribution in [0.2, 0.25) is 0 Å². The Morgan fingerprint density at radius 1 is 0.229 bits per heavy atom. The summed E-state index contributed by atoms with van der Waals surface area (Å²) in [5.41, 5.74) is 9.60. The summed E-state index contributed by atoms with van der Waals surface area (Å²) in [5.74, 6) is 0. The maximum absolute atomic E-state index is 2.29. The second kappa shape index (κ2) is 16.0. The summed E-state index contributed by atoms with van der Waals surface area (Å²) in [6, 6.07) is 55.6. The van der Waals surface area contributed by atoms with Crippen molar-refractivity contribution in [3.05, 3.63) is 202 Å². The first-order chi connectivity index (χ1) is 22.8. The molecule has 48 heavy (non-hydrogen) atoms. The third kappa shape index (κ3) is 7.52. The monoisotopic (exact) mass is 618 g/mol. The quantitative estimate of drug-likeness (QED) is 0.117. The summed E-state index contributed by atoms with van der Waals surface area (Å²) >= 11 is 0. The minimum absolute atomic E-state index is 0. The van der Waals surface area contributed by atoms with Crippen molar-refractivity contribution in [1.29, 1.82) is 0 Å². The van der Waals surface area contributed by atoms with Gasteiger partial charge in [0.1, 0.15) is 0 Å². The minimum atomic E-state index is 0. The van der Waals surface area contributed by atoms with E-state index in [-0.39, 0.29) is 14.9 Å². The van der Waals surface area contributed by atoms with E-state index in [1.54, 1.807) is 0 Å². The van der Waals surface area contributed by atoms with Crippen LogP contribution in [0.25, 0.3) is 70.2 Å². The van der Waals surface area contributed by atoms with Crippen molar-refractivity contribution in [1.82, 2.24) is 0 Å². The van der Waals surface area contributed by atoms with Crippen molar-refractivity contribution >= 4 is 70.2 Å². The average Bonchev–Trinajstić information content (AvgIpc) is 3.13. The molecule has 0 nitrogen and oxygen atoms in total. The summed E-state index contributed by atoms with van der Waals surface area (Å²) in [5, 5.41) is 4.97. The van der Waals surface area contributed by atoms with Crippen molar-refractivity contribution in [2.75, 3.05) is 0 Å². The van der Waals surface area contributed by atoms with E-state index in [4.69, 9.17) is 0 Å². The highest BCUT2D eigenvalue weighted by atomic mass is 14.1. The Kier molecular flexibility index (Phi) is 11.1. The van der Waals surface area contributed by atoms with Crippen molar-refractivity contribution in [2.24, 2.45) is 0 Å². The van der Waals surface area contributed by atoms with Crippen LogP contribution in [0.4, 0.5) is 0 Å². The van der Waals surface area contributed by atoms with Crippen LogP contribution in [0, 0.1) is 0 Å². The molecule has 0 heterocycles. The maximum Gasteiger partial charge on any atom is -0.00987 e. The van der Waals surface area contributed by atoms with E-state index in [1.165, 1.54) is 66.1 Å². The Bertz CT molecular complexity index is 2010. The summed E-state index contributed by atoms with van der Waals surface area (Å²) < 4.78 is 0. The first kappa shape index (κ1) is 33.4.